The van der Waals surface area contributed by atoms with Crippen LogP contribution in [0.15, 0.2) is 12.4 Å². The highest BCUT2D eigenvalue weighted by Crippen LogP contribution is 2.40. The summed E-state index contributed by atoms with van der Waals surface area (Å²) in [6.07, 6.45) is 5.89. The lowest BCUT2D eigenvalue weighted by Gasteiger charge is -2.33. The topological polar surface area (TPSA) is 70.7 Å². The third-order valence-electron chi connectivity index (χ3n) is 3.07. The minimum Gasteiger partial charge on any atom is -0.351 e. The first kappa shape index (κ1) is 10.7. The van der Waals surface area contributed by atoms with Crippen molar-refractivity contribution in [1.82, 2.24) is 15.1 Å². The molecular weight excluding hydrogens is 204 g/mol. The number of nitrogens with zero attached hydrogens (tertiary/aromatic N) is 3. The van der Waals surface area contributed by atoms with Crippen molar-refractivity contribution in [2.75, 3.05) is 0 Å². The number of aromatic nitrogens is 2. The molecule has 0 bridgehead atoms. The molecule has 1 aliphatic rings. The Kier molecular flexibility index (Phi) is 2.65. The predicted molar refractivity (Wildman–Crippen MR) is 57.0 cm³/mol. The van der Waals surface area contributed by atoms with Gasteiger partial charge in [0.25, 0.3) is 0 Å². The van der Waals surface area contributed by atoms with Gasteiger partial charge >= 0.3 is 0 Å². The summed E-state index contributed by atoms with van der Waals surface area (Å²) in [5.74, 6) is -0.148. The standard InChI is InChI=1S/C11H14N4O/c1-15-7-9(6-14-15)5-13-10(16)11(8-12)3-2-4-11/h6-7H,2-5H2,1H3,(H,13,16). The van der Waals surface area contributed by atoms with Gasteiger partial charge in [0.1, 0.15) is 5.41 Å². The first-order valence-electron chi connectivity index (χ1n) is 5.33. The zero-order valence-electron chi connectivity index (χ0n) is 9.23. The van der Waals surface area contributed by atoms with Gasteiger partial charge in [0.05, 0.1) is 12.3 Å². The van der Waals surface area contributed by atoms with E-state index in [0.717, 1.165) is 12.0 Å². The van der Waals surface area contributed by atoms with Gasteiger partial charge in [-0.25, -0.2) is 0 Å². The lowest BCUT2D eigenvalue weighted by Crippen LogP contribution is -2.44. The first-order chi connectivity index (χ1) is 7.66. The summed E-state index contributed by atoms with van der Waals surface area (Å²) in [5, 5.41) is 15.8. The SMILES string of the molecule is Cn1cc(CNC(=O)C2(C#N)CCC2)cn1. The molecule has 0 radical (unpaired) electrons. The van der Waals surface area contributed by atoms with E-state index in [9.17, 15) is 4.79 Å². The molecule has 1 fully saturated rings. The summed E-state index contributed by atoms with van der Waals surface area (Å²) in [7, 11) is 1.83. The Morgan fingerprint density at radius 1 is 1.75 bits per heavy atom. The molecule has 84 valence electrons. The molecule has 1 aliphatic carbocycles. The average molecular weight is 218 g/mol. The minimum atomic E-state index is -0.762. The number of hydrogen-bond acceptors (Lipinski definition) is 3. The van der Waals surface area contributed by atoms with E-state index in [4.69, 9.17) is 5.26 Å². The molecule has 1 N–H and O–H groups in total. The van der Waals surface area contributed by atoms with Crippen molar-refractivity contribution in [2.24, 2.45) is 12.5 Å². The van der Waals surface area contributed by atoms with E-state index in [2.05, 4.69) is 16.5 Å². The molecule has 1 amide bonds. The summed E-state index contributed by atoms with van der Waals surface area (Å²) in [5.41, 5.74) is 0.186. The Bertz CT molecular complexity index is 439. The molecule has 1 aromatic rings. The quantitative estimate of drug-likeness (QED) is 0.813. The molecule has 0 atom stereocenters. The van der Waals surface area contributed by atoms with E-state index in [1.165, 1.54) is 0 Å². The predicted octanol–water partition coefficient (Wildman–Crippen LogP) is 0.730. The second-order valence-electron chi connectivity index (χ2n) is 4.25. The summed E-state index contributed by atoms with van der Waals surface area (Å²) in [4.78, 5) is 11.8. The zero-order chi connectivity index (χ0) is 11.6. The van der Waals surface area contributed by atoms with Gasteiger partial charge in [-0.1, -0.05) is 0 Å². The van der Waals surface area contributed by atoms with Crippen LogP contribution in [0.25, 0.3) is 0 Å². The minimum absolute atomic E-state index is 0.148. The van der Waals surface area contributed by atoms with Crippen molar-refractivity contribution in [3.05, 3.63) is 18.0 Å². The molecule has 2 rings (SSSR count). The number of carbonyl (C=O) groups is 1. The van der Waals surface area contributed by atoms with Crippen LogP contribution in [0.5, 0.6) is 0 Å². The van der Waals surface area contributed by atoms with Gasteiger partial charge in [-0.15, -0.1) is 0 Å². The van der Waals surface area contributed by atoms with Crippen molar-refractivity contribution in [2.45, 2.75) is 25.8 Å². The Morgan fingerprint density at radius 2 is 2.50 bits per heavy atom. The number of amides is 1. The van der Waals surface area contributed by atoms with Gasteiger partial charge in [-0.3, -0.25) is 9.48 Å². The Labute approximate surface area is 94.1 Å². The van der Waals surface area contributed by atoms with Gasteiger partial charge in [-0.2, -0.15) is 10.4 Å². The van der Waals surface area contributed by atoms with Gasteiger partial charge in [-0.05, 0) is 19.3 Å². The van der Waals surface area contributed by atoms with Crippen molar-refractivity contribution < 1.29 is 4.79 Å². The van der Waals surface area contributed by atoms with Crippen LogP contribution in [-0.4, -0.2) is 15.7 Å². The van der Waals surface area contributed by atoms with E-state index >= 15 is 0 Å². The van der Waals surface area contributed by atoms with E-state index in [1.807, 2.05) is 13.2 Å². The second kappa shape index (κ2) is 3.97. The molecule has 5 heteroatoms. The van der Waals surface area contributed by atoms with E-state index in [0.29, 0.717) is 19.4 Å². The number of rotatable bonds is 3. The highest BCUT2D eigenvalue weighted by Gasteiger charge is 2.44. The molecule has 16 heavy (non-hydrogen) atoms. The van der Waals surface area contributed by atoms with Crippen molar-refractivity contribution >= 4 is 5.91 Å². The average Bonchev–Trinajstić information content (AvgIpc) is 2.60. The molecular formula is C11H14N4O. The van der Waals surface area contributed by atoms with Crippen molar-refractivity contribution in [3.8, 4) is 6.07 Å². The van der Waals surface area contributed by atoms with Crippen molar-refractivity contribution in [3.63, 3.8) is 0 Å². The van der Waals surface area contributed by atoms with Crippen LogP contribution in [0, 0.1) is 16.7 Å². The van der Waals surface area contributed by atoms with Crippen LogP contribution in [0.2, 0.25) is 0 Å². The largest absolute Gasteiger partial charge is 0.351 e. The lowest BCUT2D eigenvalue weighted by molar-refractivity contribution is -0.131. The normalized spacial score (nSPS) is 17.2. The molecule has 1 aromatic heterocycles. The third-order valence-corrected chi connectivity index (χ3v) is 3.07. The second-order valence-corrected chi connectivity index (χ2v) is 4.25. The summed E-state index contributed by atoms with van der Waals surface area (Å²) in [6, 6.07) is 2.12. The van der Waals surface area contributed by atoms with Crippen LogP contribution in [0.1, 0.15) is 24.8 Å². The molecule has 1 saturated carbocycles. The smallest absolute Gasteiger partial charge is 0.240 e. The number of nitrogens with one attached hydrogen (secondary N) is 1. The highest BCUT2D eigenvalue weighted by molar-refractivity contribution is 5.86. The molecule has 0 aliphatic heterocycles. The number of nitriles is 1. The Morgan fingerprint density at radius 3 is 2.94 bits per heavy atom. The van der Waals surface area contributed by atoms with Gasteiger partial charge in [0.15, 0.2) is 0 Å². The Balaban J connectivity index is 1.91. The van der Waals surface area contributed by atoms with Crippen LogP contribution in [0.4, 0.5) is 0 Å². The molecule has 1 heterocycles. The molecule has 0 spiro atoms. The maximum absolute atomic E-state index is 11.8. The fourth-order valence-electron chi connectivity index (χ4n) is 1.83. The Hall–Kier alpha value is -1.83. The van der Waals surface area contributed by atoms with Gasteiger partial charge < -0.3 is 5.32 Å². The number of hydrogen-bond donors (Lipinski definition) is 1. The van der Waals surface area contributed by atoms with Gasteiger partial charge in [0.2, 0.25) is 5.91 Å². The zero-order valence-corrected chi connectivity index (χ0v) is 9.23. The molecule has 0 aromatic carbocycles. The first-order valence-corrected chi connectivity index (χ1v) is 5.33. The third kappa shape index (κ3) is 1.78. The van der Waals surface area contributed by atoms with Crippen LogP contribution >= 0.6 is 0 Å². The van der Waals surface area contributed by atoms with Crippen LogP contribution in [0.3, 0.4) is 0 Å². The summed E-state index contributed by atoms with van der Waals surface area (Å²) >= 11 is 0. The maximum Gasteiger partial charge on any atom is 0.240 e. The van der Waals surface area contributed by atoms with Crippen LogP contribution in [-0.2, 0) is 18.4 Å². The number of carbonyl (C=O) groups excluding carboxylic acids is 1. The highest BCUT2D eigenvalue weighted by atomic mass is 16.2. The lowest BCUT2D eigenvalue weighted by atomic mass is 9.69. The monoisotopic (exact) mass is 218 g/mol. The maximum atomic E-state index is 11.8. The van der Waals surface area contributed by atoms with Gasteiger partial charge in [0, 0.05) is 25.4 Å². The molecule has 5 nitrogen and oxygen atoms in total. The summed E-state index contributed by atoms with van der Waals surface area (Å²) in [6.45, 7) is 0.441. The van der Waals surface area contributed by atoms with E-state index < -0.39 is 5.41 Å². The van der Waals surface area contributed by atoms with Crippen LogP contribution < -0.4 is 5.32 Å². The molecule has 0 saturated heterocycles. The van der Waals surface area contributed by atoms with E-state index in [-0.39, 0.29) is 5.91 Å². The van der Waals surface area contributed by atoms with E-state index in [1.54, 1.807) is 10.9 Å². The fourth-order valence-corrected chi connectivity index (χ4v) is 1.83. The fraction of sp³-hybridized carbons (Fsp3) is 0.545. The molecule has 0 unspecified atom stereocenters. The number of aryl methyl sites for hydroxylation is 1. The summed E-state index contributed by atoms with van der Waals surface area (Å²) < 4.78 is 1.69. The van der Waals surface area contributed by atoms with Crippen molar-refractivity contribution in [1.29, 1.82) is 5.26 Å².